The maximum atomic E-state index is 13.4. The Morgan fingerprint density at radius 1 is 1.17 bits per heavy atom. The van der Waals surface area contributed by atoms with E-state index in [0.717, 1.165) is 36.8 Å². The quantitative estimate of drug-likeness (QED) is 0.280. The first kappa shape index (κ1) is 26.7. The van der Waals surface area contributed by atoms with Gasteiger partial charge in [-0.2, -0.15) is 0 Å². The average molecular weight is 493 g/mol. The van der Waals surface area contributed by atoms with E-state index in [1.54, 1.807) is 12.1 Å². The van der Waals surface area contributed by atoms with E-state index in [2.05, 4.69) is 26.8 Å². The van der Waals surface area contributed by atoms with Gasteiger partial charge in [-0.3, -0.25) is 14.5 Å². The Bertz CT molecular complexity index is 1050. The van der Waals surface area contributed by atoms with Crippen LogP contribution in [0, 0.1) is 23.7 Å². The lowest BCUT2D eigenvalue weighted by atomic mass is 9.57. The maximum absolute atomic E-state index is 13.4. The molecule has 2 N–H and O–H groups in total. The number of fused-ring (bicyclic) bond motifs is 3. The molecule has 2 heterocycles. The van der Waals surface area contributed by atoms with Gasteiger partial charge >= 0.3 is 7.12 Å². The fraction of sp³-hybridized carbons (Fsp3) is 0.586. The Morgan fingerprint density at radius 3 is 2.61 bits per heavy atom. The number of rotatable bonds is 9. The summed E-state index contributed by atoms with van der Waals surface area (Å²) in [5.74, 6) is -0.481. The number of carbonyl (C=O) groups is 2. The Labute approximate surface area is 215 Å². The van der Waals surface area contributed by atoms with Crippen LogP contribution in [-0.4, -0.2) is 46.6 Å². The van der Waals surface area contributed by atoms with Gasteiger partial charge in [0.1, 0.15) is 5.75 Å². The summed E-state index contributed by atoms with van der Waals surface area (Å²) in [5.41, 5.74) is 4.62. The zero-order chi connectivity index (χ0) is 26.0. The van der Waals surface area contributed by atoms with E-state index in [1.165, 1.54) is 16.0 Å². The maximum Gasteiger partial charge on any atom is 0.455 e. The van der Waals surface area contributed by atoms with Crippen LogP contribution in [0.15, 0.2) is 41.0 Å². The van der Waals surface area contributed by atoms with Crippen LogP contribution in [-0.2, 0) is 14.2 Å². The number of nitrogens with zero attached hydrogens (tertiary/aromatic N) is 1. The number of amides is 2. The molecule has 1 aromatic carbocycles. The lowest BCUT2D eigenvalue weighted by Crippen LogP contribution is -2.46. The largest absolute Gasteiger partial charge is 0.508 e. The van der Waals surface area contributed by atoms with Crippen molar-refractivity contribution in [3.8, 4) is 5.75 Å². The number of imide groups is 1. The van der Waals surface area contributed by atoms with Gasteiger partial charge in [0, 0.05) is 6.54 Å². The first-order valence-corrected chi connectivity index (χ1v) is 13.6. The van der Waals surface area contributed by atoms with E-state index < -0.39 is 7.12 Å². The molecule has 3 aliphatic rings. The second-order valence-electron chi connectivity index (χ2n) is 10.9. The molecule has 1 aliphatic carbocycles. The number of carbonyl (C=O) groups excluding carboxylic acids is 2. The fourth-order valence-electron chi connectivity index (χ4n) is 6.52. The van der Waals surface area contributed by atoms with Crippen molar-refractivity contribution in [2.75, 3.05) is 6.54 Å². The van der Waals surface area contributed by atoms with Gasteiger partial charge in [-0.15, -0.1) is 0 Å². The molecule has 0 unspecified atom stereocenters. The summed E-state index contributed by atoms with van der Waals surface area (Å²) in [6, 6.07) is 7.26. The standard InChI is InChI=1S/C29H40BNO5/c1-5-8-19(14-20-9-7-10-21(32)15-20)11-12-25-26-22(18(3)4)16-23-27(24(26)17-30(35)36-25)29(34)31(13-6-2)28(23)33/h7,9-10,14-15,18,23-25,27,32,35H,5-6,8,11-13,16-17H2,1-4H3/b19-14+/t23-,24+,25-,27-/m1/s1. The van der Waals surface area contributed by atoms with Crippen molar-refractivity contribution in [2.45, 2.75) is 78.6 Å². The number of phenolic OH excluding ortho intramolecular Hbond substituents is 1. The molecular weight excluding hydrogens is 453 g/mol. The molecule has 4 atom stereocenters. The highest BCUT2D eigenvalue weighted by Gasteiger charge is 2.57. The van der Waals surface area contributed by atoms with Crippen molar-refractivity contribution in [3.05, 3.63) is 46.5 Å². The summed E-state index contributed by atoms with van der Waals surface area (Å²) in [6.07, 6.45) is 7.04. The highest BCUT2D eigenvalue weighted by Crippen LogP contribution is 2.52. The number of likely N-dealkylation sites (tertiary alicyclic amines) is 1. The van der Waals surface area contributed by atoms with Gasteiger partial charge in [-0.25, -0.2) is 0 Å². The van der Waals surface area contributed by atoms with E-state index in [0.29, 0.717) is 25.7 Å². The van der Waals surface area contributed by atoms with Gasteiger partial charge < -0.3 is 14.8 Å². The molecule has 0 spiro atoms. The van der Waals surface area contributed by atoms with Crippen molar-refractivity contribution in [2.24, 2.45) is 23.7 Å². The zero-order valence-corrected chi connectivity index (χ0v) is 22.1. The Balaban J connectivity index is 1.63. The first-order valence-electron chi connectivity index (χ1n) is 13.6. The molecule has 2 fully saturated rings. The molecule has 6 nitrogen and oxygen atoms in total. The normalized spacial score (nSPS) is 26.7. The third-order valence-corrected chi connectivity index (χ3v) is 8.02. The number of hydrogen-bond acceptors (Lipinski definition) is 5. The monoisotopic (exact) mass is 493 g/mol. The molecule has 0 radical (unpaired) electrons. The number of phenols is 1. The van der Waals surface area contributed by atoms with Gasteiger partial charge in [-0.05, 0) is 73.5 Å². The van der Waals surface area contributed by atoms with Crippen LogP contribution in [0.4, 0.5) is 0 Å². The summed E-state index contributed by atoms with van der Waals surface area (Å²) >= 11 is 0. The molecule has 2 saturated heterocycles. The summed E-state index contributed by atoms with van der Waals surface area (Å²) < 4.78 is 6.14. The molecule has 0 bridgehead atoms. The van der Waals surface area contributed by atoms with Gasteiger partial charge in [0.25, 0.3) is 0 Å². The predicted octanol–water partition coefficient (Wildman–Crippen LogP) is 5.22. The Morgan fingerprint density at radius 2 is 1.94 bits per heavy atom. The topological polar surface area (TPSA) is 87.1 Å². The SMILES string of the molecule is CCC/C(=C\c1cccc(O)c1)CC[C@H]1OB(O)C[C@H]2C1=C(C(C)C)C[C@H]1C(=O)N(CCC)C(=O)[C@H]12. The molecule has 0 aromatic heterocycles. The van der Waals surface area contributed by atoms with E-state index in [-0.39, 0.29) is 47.3 Å². The van der Waals surface area contributed by atoms with Crippen LogP contribution in [0.25, 0.3) is 6.08 Å². The molecule has 2 amide bonds. The Kier molecular flexibility index (Phi) is 8.41. The number of hydrogen-bond donors (Lipinski definition) is 2. The van der Waals surface area contributed by atoms with E-state index in [9.17, 15) is 19.7 Å². The third kappa shape index (κ3) is 5.33. The van der Waals surface area contributed by atoms with Crippen LogP contribution in [0.2, 0.25) is 6.32 Å². The highest BCUT2D eigenvalue weighted by molar-refractivity contribution is 6.43. The second kappa shape index (κ2) is 11.3. The van der Waals surface area contributed by atoms with Crippen LogP contribution in [0.3, 0.4) is 0 Å². The van der Waals surface area contributed by atoms with Crippen LogP contribution >= 0.6 is 0 Å². The van der Waals surface area contributed by atoms with Crippen molar-refractivity contribution in [1.82, 2.24) is 4.90 Å². The number of allylic oxidation sites excluding steroid dienone is 2. The summed E-state index contributed by atoms with van der Waals surface area (Å²) in [4.78, 5) is 28.1. The molecule has 7 heteroatoms. The summed E-state index contributed by atoms with van der Waals surface area (Å²) in [6.45, 7) is 8.90. The van der Waals surface area contributed by atoms with E-state index in [4.69, 9.17) is 4.65 Å². The van der Waals surface area contributed by atoms with Gasteiger partial charge in [-0.1, -0.05) is 63.5 Å². The Hall–Kier alpha value is -2.38. The van der Waals surface area contributed by atoms with Gasteiger partial charge in [0.2, 0.25) is 11.8 Å². The molecule has 194 valence electrons. The predicted molar refractivity (Wildman–Crippen MR) is 142 cm³/mol. The molecule has 1 aromatic rings. The smallest absolute Gasteiger partial charge is 0.455 e. The van der Waals surface area contributed by atoms with Crippen molar-refractivity contribution in [1.29, 1.82) is 0 Å². The van der Waals surface area contributed by atoms with E-state index >= 15 is 0 Å². The minimum atomic E-state index is -0.941. The van der Waals surface area contributed by atoms with Crippen molar-refractivity contribution >= 4 is 25.0 Å². The minimum absolute atomic E-state index is 0.0409. The molecule has 36 heavy (non-hydrogen) atoms. The molecule has 2 aliphatic heterocycles. The summed E-state index contributed by atoms with van der Waals surface area (Å²) in [5, 5.41) is 20.6. The van der Waals surface area contributed by atoms with Crippen molar-refractivity contribution < 1.29 is 24.4 Å². The lowest BCUT2D eigenvalue weighted by molar-refractivity contribution is -0.140. The van der Waals surface area contributed by atoms with Crippen LogP contribution in [0.1, 0.15) is 71.8 Å². The molecule has 0 saturated carbocycles. The van der Waals surface area contributed by atoms with Crippen molar-refractivity contribution in [3.63, 3.8) is 0 Å². The molecule has 4 rings (SSSR count). The molecular formula is C29H40BNO5. The lowest BCUT2D eigenvalue weighted by Gasteiger charge is -2.44. The van der Waals surface area contributed by atoms with Gasteiger partial charge in [0.05, 0.1) is 17.9 Å². The third-order valence-electron chi connectivity index (χ3n) is 8.02. The number of benzene rings is 1. The highest BCUT2D eigenvalue weighted by atomic mass is 16.5. The fourth-order valence-corrected chi connectivity index (χ4v) is 6.52. The average Bonchev–Trinajstić information content (AvgIpc) is 3.07. The second-order valence-corrected chi connectivity index (χ2v) is 10.9. The van der Waals surface area contributed by atoms with Crippen LogP contribution in [0.5, 0.6) is 5.75 Å². The zero-order valence-electron chi connectivity index (χ0n) is 22.1. The summed E-state index contributed by atoms with van der Waals surface area (Å²) in [7, 11) is -0.941. The first-order chi connectivity index (χ1) is 17.2. The van der Waals surface area contributed by atoms with Gasteiger partial charge in [0.15, 0.2) is 0 Å². The van der Waals surface area contributed by atoms with Crippen LogP contribution < -0.4 is 0 Å². The number of aromatic hydroxyl groups is 1. The van der Waals surface area contributed by atoms with E-state index in [1.807, 2.05) is 19.1 Å². The minimum Gasteiger partial charge on any atom is -0.508 e.